The average Bonchev–Trinajstić information content (AvgIpc) is 3.18. The number of hydrogen-bond acceptors (Lipinski definition) is 11. The van der Waals surface area contributed by atoms with E-state index >= 15 is 0 Å². The lowest BCUT2D eigenvalue weighted by atomic mass is 9.98. The van der Waals surface area contributed by atoms with Crippen LogP contribution in [-0.2, 0) is 41.9 Å². The minimum Gasteiger partial charge on any atom is -0.481 e. The van der Waals surface area contributed by atoms with Crippen LogP contribution in [0.15, 0.2) is 91.0 Å². The fourth-order valence-electron chi connectivity index (χ4n) is 5.41. The number of carbonyl (C=O) groups is 5. The Kier molecular flexibility index (Phi) is 18.2. The summed E-state index contributed by atoms with van der Waals surface area (Å²) in [4.78, 5) is 64.2. The van der Waals surface area contributed by atoms with Gasteiger partial charge in [0.15, 0.2) is 6.10 Å². The van der Waals surface area contributed by atoms with Crippen molar-refractivity contribution in [1.82, 2.24) is 21.3 Å². The fourth-order valence-corrected chi connectivity index (χ4v) is 5.41. The van der Waals surface area contributed by atoms with Gasteiger partial charge in [0.2, 0.25) is 11.8 Å². The summed E-state index contributed by atoms with van der Waals surface area (Å²) >= 11 is 0. The number of aliphatic carboxylic acids is 1. The van der Waals surface area contributed by atoms with Crippen molar-refractivity contribution in [1.29, 1.82) is 0 Å². The van der Waals surface area contributed by atoms with E-state index in [0.717, 1.165) is 5.56 Å². The van der Waals surface area contributed by atoms with Crippen molar-refractivity contribution < 1.29 is 59.0 Å². The molecule has 0 aliphatic rings. The minimum atomic E-state index is -2.31. The summed E-state index contributed by atoms with van der Waals surface area (Å²) in [6.07, 6.45) is -8.09. The summed E-state index contributed by atoms with van der Waals surface area (Å²) in [5.41, 5.74) is 1.92. The molecule has 0 fully saturated rings. The van der Waals surface area contributed by atoms with Gasteiger partial charge in [-0.2, -0.15) is 0 Å². The van der Waals surface area contributed by atoms with E-state index in [0.29, 0.717) is 11.1 Å². The molecule has 0 heterocycles. The Bertz CT molecular complexity index is 1650. The SMILES string of the molecule is CC(C)C[C@H](NC(=O)[C@H](COCc1ccccc1)NC(=O)OCc1ccccc1)C(=O)N[C@@H](CO)[C@@H](O)[C@@H](O)[C@H](O)C(=O)N[C@@H](CC(=O)O)c1ccccc1. The lowest BCUT2D eigenvalue weighted by Gasteiger charge is -2.31. The number of ether oxygens (including phenoxy) is 2. The van der Waals surface area contributed by atoms with Gasteiger partial charge < -0.3 is 56.3 Å². The molecule has 3 aromatic rings. The second-order valence-corrected chi connectivity index (χ2v) is 13.2. The number of rotatable bonds is 22. The molecule has 0 unspecified atom stereocenters. The average molecular weight is 767 g/mol. The molecule has 0 radical (unpaired) electrons. The second kappa shape index (κ2) is 22.7. The number of carboxylic acid groups (broad SMARTS) is 1. The first-order chi connectivity index (χ1) is 26.3. The van der Waals surface area contributed by atoms with Crippen LogP contribution in [0.1, 0.15) is 49.4 Å². The molecular weight excluding hydrogens is 716 g/mol. The molecule has 9 N–H and O–H groups in total. The van der Waals surface area contributed by atoms with Gasteiger partial charge in [0, 0.05) is 0 Å². The van der Waals surface area contributed by atoms with E-state index in [9.17, 15) is 49.5 Å². The van der Waals surface area contributed by atoms with E-state index in [1.54, 1.807) is 74.5 Å². The number of benzene rings is 3. The second-order valence-electron chi connectivity index (χ2n) is 13.2. The summed E-state index contributed by atoms with van der Waals surface area (Å²) in [6, 6.07) is 20.6. The molecular formula is C39H50N4O12. The van der Waals surface area contributed by atoms with Crippen LogP contribution in [0.5, 0.6) is 0 Å². The van der Waals surface area contributed by atoms with Crippen molar-refractivity contribution in [3.05, 3.63) is 108 Å². The zero-order chi connectivity index (χ0) is 40.3. The molecule has 16 nitrogen and oxygen atoms in total. The third-order valence-corrected chi connectivity index (χ3v) is 8.33. The van der Waals surface area contributed by atoms with Crippen LogP contribution in [0, 0.1) is 5.92 Å². The van der Waals surface area contributed by atoms with Crippen LogP contribution in [0.25, 0.3) is 0 Å². The first kappa shape index (κ1) is 44.0. The normalized spacial score (nSPS) is 15.0. The predicted octanol–water partition coefficient (Wildman–Crippen LogP) is 0.921. The van der Waals surface area contributed by atoms with Crippen molar-refractivity contribution in [2.24, 2.45) is 5.92 Å². The number of alkyl carbamates (subject to hydrolysis) is 1. The highest BCUT2D eigenvalue weighted by molar-refractivity contribution is 5.91. The van der Waals surface area contributed by atoms with Crippen molar-refractivity contribution in [2.45, 2.75) is 82.4 Å². The van der Waals surface area contributed by atoms with E-state index in [4.69, 9.17) is 9.47 Å². The maximum absolute atomic E-state index is 13.6. The largest absolute Gasteiger partial charge is 0.481 e. The quantitative estimate of drug-likeness (QED) is 0.0693. The monoisotopic (exact) mass is 766 g/mol. The van der Waals surface area contributed by atoms with Crippen molar-refractivity contribution in [2.75, 3.05) is 13.2 Å². The van der Waals surface area contributed by atoms with Gasteiger partial charge in [0.1, 0.15) is 30.9 Å². The van der Waals surface area contributed by atoms with Gasteiger partial charge in [-0.25, -0.2) is 4.79 Å². The molecule has 55 heavy (non-hydrogen) atoms. The smallest absolute Gasteiger partial charge is 0.408 e. The highest BCUT2D eigenvalue weighted by atomic mass is 16.5. The Morgan fingerprint density at radius 1 is 0.655 bits per heavy atom. The van der Waals surface area contributed by atoms with E-state index in [1.165, 1.54) is 0 Å². The third kappa shape index (κ3) is 15.1. The Hall–Kier alpha value is -5.39. The molecule has 7 atom stereocenters. The summed E-state index contributed by atoms with van der Waals surface area (Å²) in [5.74, 6) is -4.35. The predicted molar refractivity (Wildman–Crippen MR) is 198 cm³/mol. The van der Waals surface area contributed by atoms with Crippen molar-refractivity contribution in [3.8, 4) is 0 Å². The van der Waals surface area contributed by atoms with Gasteiger partial charge in [-0.3, -0.25) is 19.2 Å². The third-order valence-electron chi connectivity index (χ3n) is 8.33. The van der Waals surface area contributed by atoms with Gasteiger partial charge in [0.25, 0.3) is 5.91 Å². The first-order valence-corrected chi connectivity index (χ1v) is 17.7. The van der Waals surface area contributed by atoms with Crippen molar-refractivity contribution in [3.63, 3.8) is 0 Å². The number of nitrogens with one attached hydrogen (secondary N) is 4. The highest BCUT2D eigenvalue weighted by Crippen LogP contribution is 2.18. The molecule has 3 aromatic carbocycles. The standard InChI is InChI=1S/C39H50N4O12/c1-24(2)18-29(41-37(51)31(23-54-21-25-12-6-3-7-13-25)43-39(53)55-22-26-14-8-4-9-15-26)36(50)42-30(20-44)33(47)34(48)35(49)38(52)40-28(19-32(45)46)27-16-10-5-11-17-27/h3-17,24,28-31,33-35,44,47-49H,18-23H2,1-2H3,(H,40,52)(H,41,51)(H,42,50)(H,43,53)(H,45,46)/t28-,29-,30-,31-,33+,34+,35-/m0/s1. The summed E-state index contributed by atoms with van der Waals surface area (Å²) in [5, 5.41) is 61.3. The summed E-state index contributed by atoms with van der Waals surface area (Å²) < 4.78 is 11.0. The van der Waals surface area contributed by atoms with Gasteiger partial charge in [0.05, 0.1) is 38.3 Å². The Morgan fingerprint density at radius 2 is 1.20 bits per heavy atom. The lowest BCUT2D eigenvalue weighted by Crippen LogP contribution is -2.60. The van der Waals surface area contributed by atoms with Gasteiger partial charge in [-0.05, 0) is 29.0 Å². The van der Waals surface area contributed by atoms with Crippen LogP contribution in [0.2, 0.25) is 0 Å². The number of amides is 4. The Labute approximate surface area is 318 Å². The van der Waals surface area contributed by atoms with Gasteiger partial charge in [-0.15, -0.1) is 0 Å². The zero-order valence-electron chi connectivity index (χ0n) is 30.6. The topological polar surface area (TPSA) is 253 Å². The van der Waals surface area contributed by atoms with Gasteiger partial charge >= 0.3 is 12.1 Å². The Morgan fingerprint density at radius 3 is 1.75 bits per heavy atom. The fraction of sp³-hybridized carbons (Fsp3) is 0.410. The van der Waals surface area contributed by atoms with Crippen molar-refractivity contribution >= 4 is 29.8 Å². The molecule has 0 aromatic heterocycles. The molecule has 0 aliphatic carbocycles. The van der Waals surface area contributed by atoms with Crippen LogP contribution in [0.3, 0.4) is 0 Å². The summed E-state index contributed by atoms with van der Waals surface area (Å²) in [6.45, 7) is 2.31. The maximum Gasteiger partial charge on any atom is 0.408 e. The lowest BCUT2D eigenvalue weighted by molar-refractivity contribution is -0.145. The first-order valence-electron chi connectivity index (χ1n) is 17.7. The molecule has 0 aliphatic heterocycles. The summed E-state index contributed by atoms with van der Waals surface area (Å²) in [7, 11) is 0. The molecule has 0 bridgehead atoms. The molecule has 16 heteroatoms. The van der Waals surface area contributed by atoms with Crippen LogP contribution < -0.4 is 21.3 Å². The molecule has 3 rings (SSSR count). The molecule has 298 valence electrons. The van der Waals surface area contributed by atoms with E-state index in [1.807, 2.05) is 30.3 Å². The number of aliphatic hydroxyl groups is 4. The van der Waals surface area contributed by atoms with Crippen LogP contribution >= 0.6 is 0 Å². The molecule has 0 saturated carbocycles. The van der Waals surface area contributed by atoms with E-state index in [2.05, 4.69) is 21.3 Å². The van der Waals surface area contributed by atoms with Crippen LogP contribution in [-0.4, -0.2) is 105 Å². The molecule has 0 saturated heterocycles. The molecule has 4 amide bonds. The minimum absolute atomic E-state index is 0.0555. The van der Waals surface area contributed by atoms with Gasteiger partial charge in [-0.1, -0.05) is 105 Å². The number of aliphatic hydroxyl groups excluding tert-OH is 4. The maximum atomic E-state index is 13.6. The number of carbonyl (C=O) groups excluding carboxylic acids is 4. The number of carboxylic acids is 1. The highest BCUT2D eigenvalue weighted by Gasteiger charge is 2.38. The van der Waals surface area contributed by atoms with E-state index in [-0.39, 0.29) is 32.2 Å². The Balaban J connectivity index is 1.69. The number of hydrogen-bond donors (Lipinski definition) is 9. The van der Waals surface area contributed by atoms with Crippen LogP contribution in [0.4, 0.5) is 4.79 Å². The molecule has 0 spiro atoms. The van der Waals surface area contributed by atoms with E-state index < -0.39 is 85.3 Å². The zero-order valence-corrected chi connectivity index (χ0v) is 30.6.